The molecule has 0 radical (unpaired) electrons. The lowest BCUT2D eigenvalue weighted by atomic mass is 9.58. The highest BCUT2D eigenvalue weighted by molar-refractivity contribution is 8.00. The predicted molar refractivity (Wildman–Crippen MR) is 123 cm³/mol. The Balaban J connectivity index is 0.000000323. The van der Waals surface area contributed by atoms with Crippen LogP contribution in [0.25, 0.3) is 0 Å². The van der Waals surface area contributed by atoms with E-state index in [2.05, 4.69) is 31.5 Å². The van der Waals surface area contributed by atoms with Crippen LogP contribution in [0.1, 0.15) is 32.1 Å². The van der Waals surface area contributed by atoms with Gasteiger partial charge in [-0.3, -0.25) is 9.59 Å². The number of thioether (sulfide) groups is 2. The maximum Gasteiger partial charge on any atom is 0.141 e. The Morgan fingerprint density at radius 2 is 1.41 bits per heavy atom. The van der Waals surface area contributed by atoms with E-state index in [0.29, 0.717) is 40.5 Å². The van der Waals surface area contributed by atoms with Crippen molar-refractivity contribution in [3.05, 3.63) is 0 Å². The molecule has 2 nitrogen and oxygen atoms in total. The van der Waals surface area contributed by atoms with Crippen LogP contribution in [0.4, 0.5) is 0 Å². The molecule has 5 fully saturated rings. The van der Waals surface area contributed by atoms with E-state index >= 15 is 0 Å². The van der Waals surface area contributed by atoms with Crippen LogP contribution in [0, 0.1) is 47.3 Å². The first-order chi connectivity index (χ1) is 13.1. The van der Waals surface area contributed by atoms with Crippen molar-refractivity contribution < 1.29 is 9.59 Å². The van der Waals surface area contributed by atoms with E-state index in [1.54, 1.807) is 0 Å². The lowest BCUT2D eigenvalue weighted by Gasteiger charge is -2.44. The Labute approximate surface area is 183 Å². The van der Waals surface area contributed by atoms with E-state index in [0.717, 1.165) is 23.7 Å². The average molecular weight is 445 g/mol. The van der Waals surface area contributed by atoms with Crippen LogP contribution < -0.4 is 0 Å². The van der Waals surface area contributed by atoms with Gasteiger partial charge in [-0.05, 0) is 73.5 Å². The highest BCUT2D eigenvalue weighted by Gasteiger charge is 2.67. The second kappa shape index (κ2) is 8.85. The normalized spacial score (nSPS) is 46.3. The third-order valence-electron chi connectivity index (χ3n) is 7.89. The average Bonchev–Trinajstić information content (AvgIpc) is 3.44. The van der Waals surface area contributed by atoms with Crippen LogP contribution in [-0.4, -0.2) is 46.1 Å². The second-order valence-electron chi connectivity index (χ2n) is 8.99. The number of Topliss-reactive ketones (excluding diaryl/α,β-unsaturated/α-hetero) is 2. The molecule has 5 saturated carbocycles. The molecule has 0 aromatic rings. The highest BCUT2D eigenvalue weighted by Crippen LogP contribution is 2.65. The van der Waals surface area contributed by atoms with Gasteiger partial charge in [0.25, 0.3) is 0 Å². The number of rotatable bonds is 5. The summed E-state index contributed by atoms with van der Waals surface area (Å²) in [5.74, 6) is 7.80. The summed E-state index contributed by atoms with van der Waals surface area (Å²) < 4.78 is 0. The van der Waals surface area contributed by atoms with Gasteiger partial charge < -0.3 is 0 Å². The number of hydrogen-bond donors (Lipinski definition) is 2. The first-order valence-electron chi connectivity index (χ1n) is 10.5. The third kappa shape index (κ3) is 3.57. The molecule has 0 aromatic heterocycles. The summed E-state index contributed by atoms with van der Waals surface area (Å²) in [7, 11) is 0. The lowest BCUT2D eigenvalue weighted by Crippen LogP contribution is -2.53. The number of fused-ring (bicyclic) bond motifs is 10. The molecule has 0 aromatic carbocycles. The van der Waals surface area contributed by atoms with Gasteiger partial charge in [0.2, 0.25) is 0 Å². The first kappa shape index (κ1) is 21.0. The molecule has 4 bridgehead atoms. The Hall–Kier alpha value is 0.740. The van der Waals surface area contributed by atoms with Gasteiger partial charge in [-0.25, -0.2) is 0 Å². The van der Waals surface area contributed by atoms with E-state index in [4.69, 9.17) is 0 Å². The predicted octanol–water partition coefficient (Wildman–Crippen LogP) is 4.38. The van der Waals surface area contributed by atoms with E-state index in [1.165, 1.54) is 31.4 Å². The number of carbonyl (C=O) groups excluding carboxylic acids is 2. The third-order valence-corrected chi connectivity index (χ3v) is 11.0. The quantitative estimate of drug-likeness (QED) is 0.617. The van der Waals surface area contributed by atoms with Gasteiger partial charge in [-0.15, -0.1) is 0 Å². The molecule has 0 aliphatic heterocycles. The number of thiol groups is 2. The monoisotopic (exact) mass is 444 g/mol. The number of carbonyl (C=O) groups is 2. The second-order valence-corrected chi connectivity index (χ2v) is 12.2. The summed E-state index contributed by atoms with van der Waals surface area (Å²) in [6.45, 7) is 0. The van der Waals surface area contributed by atoms with E-state index in [1.807, 2.05) is 23.5 Å². The zero-order chi connectivity index (χ0) is 19.1. The van der Waals surface area contributed by atoms with E-state index in [9.17, 15) is 9.59 Å². The molecule has 152 valence electrons. The molecule has 27 heavy (non-hydrogen) atoms. The lowest BCUT2D eigenvalue weighted by molar-refractivity contribution is -0.151. The summed E-state index contributed by atoms with van der Waals surface area (Å²) in [6.07, 6.45) is 7.97. The summed E-state index contributed by atoms with van der Waals surface area (Å²) in [4.78, 5) is 26.4. The Bertz CT molecular complexity index is 581. The fraction of sp³-hybridized carbons (Fsp3) is 0.905. The van der Waals surface area contributed by atoms with Gasteiger partial charge in [-0.2, -0.15) is 48.8 Å². The van der Waals surface area contributed by atoms with Crippen LogP contribution in [0.2, 0.25) is 0 Å². The molecule has 0 heterocycles. The largest absolute Gasteiger partial charge is 0.299 e. The standard InChI is InChI=1S/C18H24O2S2.C3H8S2/c19-17-13-8-1-2-9(5-8)14(13)18(20)16-11-6-10(15(16)17)7-12(11)22-4-3-21;1-5-3-2-4/h8-16,21H,1-7H2;4H,2-3H2,1H3. The van der Waals surface area contributed by atoms with E-state index in [-0.39, 0.29) is 23.7 Å². The minimum Gasteiger partial charge on any atom is -0.299 e. The van der Waals surface area contributed by atoms with Gasteiger partial charge >= 0.3 is 0 Å². The van der Waals surface area contributed by atoms with Gasteiger partial charge in [0.05, 0.1) is 0 Å². The molecule has 0 saturated heterocycles. The zero-order valence-corrected chi connectivity index (χ0v) is 19.5. The molecule has 0 amide bonds. The Morgan fingerprint density at radius 3 is 1.96 bits per heavy atom. The number of hydrogen-bond acceptors (Lipinski definition) is 6. The maximum atomic E-state index is 13.3. The fourth-order valence-corrected chi connectivity index (χ4v) is 9.51. The van der Waals surface area contributed by atoms with Crippen molar-refractivity contribution in [2.24, 2.45) is 47.3 Å². The molecule has 5 aliphatic rings. The first-order valence-corrected chi connectivity index (χ1v) is 14.2. The molecular formula is C21H32O2S4. The molecule has 9 atom stereocenters. The molecule has 5 aliphatic carbocycles. The number of ketones is 2. The van der Waals surface area contributed by atoms with Gasteiger partial charge in [0.15, 0.2) is 0 Å². The molecule has 9 unspecified atom stereocenters. The fourth-order valence-electron chi connectivity index (χ4n) is 7.14. The van der Waals surface area contributed by atoms with Crippen LogP contribution in [0.3, 0.4) is 0 Å². The van der Waals surface area contributed by atoms with E-state index < -0.39 is 0 Å². The van der Waals surface area contributed by atoms with Gasteiger partial charge in [-0.1, -0.05) is 0 Å². The van der Waals surface area contributed by atoms with Crippen LogP contribution in [0.5, 0.6) is 0 Å². The summed E-state index contributed by atoms with van der Waals surface area (Å²) in [5.41, 5.74) is 0. The SMILES string of the molecule is CSCCS.O=C1C2C3CCC(C3)C2C(=O)C2C3CC(CC3SCCS)C12. The Morgan fingerprint density at radius 1 is 0.815 bits per heavy atom. The summed E-state index contributed by atoms with van der Waals surface area (Å²) in [6, 6.07) is 0. The van der Waals surface area contributed by atoms with Crippen molar-refractivity contribution in [2.45, 2.75) is 37.4 Å². The molecular weight excluding hydrogens is 412 g/mol. The smallest absolute Gasteiger partial charge is 0.141 e. The van der Waals surface area contributed by atoms with Crippen molar-refractivity contribution in [1.82, 2.24) is 0 Å². The van der Waals surface area contributed by atoms with Gasteiger partial charge in [0.1, 0.15) is 11.6 Å². The topological polar surface area (TPSA) is 34.1 Å². The van der Waals surface area contributed by atoms with Crippen molar-refractivity contribution in [2.75, 3.05) is 29.3 Å². The van der Waals surface area contributed by atoms with Gasteiger partial charge in [0, 0.05) is 40.4 Å². The molecule has 6 heteroatoms. The summed E-state index contributed by atoms with van der Waals surface area (Å²) >= 11 is 12.1. The molecule has 5 rings (SSSR count). The summed E-state index contributed by atoms with van der Waals surface area (Å²) in [5, 5.41) is 0.616. The van der Waals surface area contributed by atoms with Crippen molar-refractivity contribution in [3.8, 4) is 0 Å². The minimum absolute atomic E-state index is 0.101. The molecule has 0 N–H and O–H groups in total. The van der Waals surface area contributed by atoms with Crippen molar-refractivity contribution >= 4 is 60.3 Å². The van der Waals surface area contributed by atoms with Crippen LogP contribution in [0.15, 0.2) is 0 Å². The van der Waals surface area contributed by atoms with Crippen LogP contribution in [-0.2, 0) is 9.59 Å². The Kier molecular flexibility index (Phi) is 6.88. The maximum absolute atomic E-state index is 13.3. The highest BCUT2D eigenvalue weighted by atomic mass is 32.2. The minimum atomic E-state index is 0.101. The van der Waals surface area contributed by atoms with Crippen molar-refractivity contribution in [3.63, 3.8) is 0 Å². The van der Waals surface area contributed by atoms with Crippen LogP contribution >= 0.6 is 48.8 Å². The zero-order valence-electron chi connectivity index (χ0n) is 16.1. The molecule has 0 spiro atoms. The van der Waals surface area contributed by atoms with Crippen molar-refractivity contribution in [1.29, 1.82) is 0 Å².